The van der Waals surface area contributed by atoms with Crippen LogP contribution in [-0.4, -0.2) is 67.8 Å². The number of amides is 2. The number of carbonyl (C=O) groups excluding carboxylic acids is 2. The summed E-state index contributed by atoms with van der Waals surface area (Å²) in [7, 11) is 0. The van der Waals surface area contributed by atoms with Crippen molar-refractivity contribution in [3.05, 3.63) is 89.5 Å². The highest BCUT2D eigenvalue weighted by atomic mass is 16.5. The molecule has 0 aromatic heterocycles. The Balaban J connectivity index is 1.32. The molecule has 3 N–H and O–H groups in total. The summed E-state index contributed by atoms with van der Waals surface area (Å²) in [5.74, 6) is -1.16. The number of carboxylic acid groups (broad SMARTS) is 1. The van der Waals surface area contributed by atoms with Crippen LogP contribution in [0, 0.1) is 0 Å². The highest BCUT2D eigenvalue weighted by Crippen LogP contribution is 2.25. The predicted molar refractivity (Wildman–Crippen MR) is 197 cm³/mol. The molecule has 1 aliphatic rings. The van der Waals surface area contributed by atoms with E-state index in [9.17, 15) is 19.5 Å². The molecule has 49 heavy (non-hydrogen) atoms. The lowest BCUT2D eigenvalue weighted by atomic mass is 9.86. The Morgan fingerprint density at radius 1 is 0.776 bits per heavy atom. The molecular weight excluding hydrogens is 616 g/mol. The number of nitrogens with zero attached hydrogens (tertiary/aromatic N) is 2. The Kier molecular flexibility index (Phi) is 13.5. The Morgan fingerprint density at radius 2 is 1.33 bits per heavy atom. The van der Waals surface area contributed by atoms with E-state index in [-0.39, 0.29) is 11.8 Å². The lowest BCUT2D eigenvalue weighted by Crippen LogP contribution is -2.51. The van der Waals surface area contributed by atoms with Gasteiger partial charge in [0.15, 0.2) is 0 Å². The second-order valence-electron chi connectivity index (χ2n) is 14.0. The summed E-state index contributed by atoms with van der Waals surface area (Å²) >= 11 is 0. The minimum atomic E-state index is -1.14. The van der Waals surface area contributed by atoms with Gasteiger partial charge in [0.2, 0.25) is 5.91 Å². The number of anilines is 2. The highest BCUT2D eigenvalue weighted by molar-refractivity contribution is 5.98. The first kappa shape index (κ1) is 37.3. The van der Waals surface area contributed by atoms with E-state index in [1.54, 1.807) is 12.1 Å². The number of aliphatic carboxylic acids is 1. The molecule has 3 aromatic carbocycles. The van der Waals surface area contributed by atoms with Crippen molar-refractivity contribution >= 4 is 29.2 Å². The zero-order chi connectivity index (χ0) is 35.4. The van der Waals surface area contributed by atoms with Crippen LogP contribution in [0.4, 0.5) is 11.4 Å². The number of rotatable bonds is 16. The average molecular weight is 671 g/mol. The number of hydrogen-bond donors (Lipinski definition) is 3. The molecule has 0 spiro atoms. The van der Waals surface area contributed by atoms with Crippen LogP contribution in [0.15, 0.2) is 72.8 Å². The molecule has 2 amide bonds. The molecule has 1 saturated heterocycles. The molecule has 2 atom stereocenters. The number of benzene rings is 3. The van der Waals surface area contributed by atoms with E-state index >= 15 is 0 Å². The normalized spacial score (nSPS) is 14.6. The number of ether oxygens (including phenoxy) is 1. The Bertz CT molecular complexity index is 1490. The summed E-state index contributed by atoms with van der Waals surface area (Å²) in [5, 5.41) is 14.7. The summed E-state index contributed by atoms with van der Waals surface area (Å²) in [6.45, 7) is 14.2. The fourth-order valence-corrected chi connectivity index (χ4v) is 5.90. The fourth-order valence-electron chi connectivity index (χ4n) is 5.90. The molecule has 1 unspecified atom stereocenters. The molecule has 0 aliphatic carbocycles. The molecule has 264 valence electrons. The molecule has 0 radical (unpaired) electrons. The standard InChI is InChI=1S/C40H54N4O5/c1-6-7-8-9-10-27-49-35-21-19-34(20-22-35)44-25-23-43(24-26-44)33-17-11-30(12-18-33)28-36(38(46)41-29(2)39(47)48)42-37(45)31-13-15-32(16-14-31)40(3,4)5/h11-22,29,36H,6-10,23-28H2,1-5H3,(H,41,46)(H,42,45)(H,47,48)/t29-,36?/m1/s1. The lowest BCUT2D eigenvalue weighted by Gasteiger charge is -2.37. The van der Waals surface area contributed by atoms with Crippen LogP contribution in [0.2, 0.25) is 0 Å². The molecule has 1 fully saturated rings. The Hall–Kier alpha value is -4.53. The van der Waals surface area contributed by atoms with Gasteiger partial charge < -0.3 is 30.3 Å². The number of hydrogen-bond acceptors (Lipinski definition) is 6. The van der Waals surface area contributed by atoms with E-state index in [4.69, 9.17) is 4.74 Å². The van der Waals surface area contributed by atoms with Gasteiger partial charge in [0, 0.05) is 49.5 Å². The van der Waals surface area contributed by atoms with Crippen LogP contribution >= 0.6 is 0 Å². The second kappa shape index (κ2) is 17.7. The molecule has 1 aliphatic heterocycles. The predicted octanol–water partition coefficient (Wildman–Crippen LogP) is 6.59. The monoisotopic (exact) mass is 670 g/mol. The van der Waals surface area contributed by atoms with Gasteiger partial charge in [0.1, 0.15) is 17.8 Å². The molecule has 9 nitrogen and oxygen atoms in total. The first-order chi connectivity index (χ1) is 23.4. The first-order valence-corrected chi connectivity index (χ1v) is 17.7. The molecular formula is C40H54N4O5. The molecule has 0 bridgehead atoms. The third-order valence-corrected chi connectivity index (χ3v) is 9.10. The highest BCUT2D eigenvalue weighted by Gasteiger charge is 2.26. The van der Waals surface area contributed by atoms with Crippen molar-refractivity contribution < 1.29 is 24.2 Å². The topological polar surface area (TPSA) is 111 Å². The Labute approximate surface area is 292 Å². The summed E-state index contributed by atoms with van der Waals surface area (Å²) in [6.07, 6.45) is 6.35. The van der Waals surface area contributed by atoms with Crippen LogP contribution in [0.1, 0.15) is 88.2 Å². The van der Waals surface area contributed by atoms with Gasteiger partial charge in [0.25, 0.3) is 5.91 Å². The van der Waals surface area contributed by atoms with Gasteiger partial charge in [0.05, 0.1) is 6.61 Å². The van der Waals surface area contributed by atoms with E-state index in [1.807, 2.05) is 36.4 Å². The van der Waals surface area contributed by atoms with Crippen molar-refractivity contribution in [3.8, 4) is 5.75 Å². The Morgan fingerprint density at radius 3 is 1.86 bits per heavy atom. The molecule has 1 heterocycles. The van der Waals surface area contributed by atoms with Crippen molar-refractivity contribution in [3.63, 3.8) is 0 Å². The number of piperazine rings is 1. The van der Waals surface area contributed by atoms with Gasteiger partial charge in [-0.1, -0.05) is 77.6 Å². The van der Waals surface area contributed by atoms with Crippen molar-refractivity contribution in [2.75, 3.05) is 42.6 Å². The van der Waals surface area contributed by atoms with Crippen molar-refractivity contribution in [2.45, 2.75) is 90.6 Å². The van der Waals surface area contributed by atoms with Gasteiger partial charge in [-0.2, -0.15) is 0 Å². The van der Waals surface area contributed by atoms with Crippen LogP contribution in [-0.2, 0) is 21.4 Å². The minimum absolute atomic E-state index is 0.0567. The van der Waals surface area contributed by atoms with Crippen LogP contribution < -0.4 is 25.2 Å². The maximum absolute atomic E-state index is 13.2. The SMILES string of the molecule is CCCCCCCOc1ccc(N2CCN(c3ccc(CC(NC(=O)c4ccc(C(C)(C)C)cc4)C(=O)N[C@H](C)C(=O)O)cc3)CC2)cc1. The average Bonchev–Trinajstić information content (AvgIpc) is 3.09. The third-order valence-electron chi connectivity index (χ3n) is 9.10. The third kappa shape index (κ3) is 11.3. The second-order valence-corrected chi connectivity index (χ2v) is 14.0. The van der Waals surface area contributed by atoms with Gasteiger partial charge in [-0.25, -0.2) is 0 Å². The van der Waals surface area contributed by atoms with Crippen molar-refractivity contribution in [2.24, 2.45) is 0 Å². The minimum Gasteiger partial charge on any atom is -0.494 e. The molecule has 4 rings (SSSR count). The van der Waals surface area contributed by atoms with Crippen molar-refractivity contribution in [1.29, 1.82) is 0 Å². The zero-order valence-electron chi connectivity index (χ0n) is 29.8. The summed E-state index contributed by atoms with van der Waals surface area (Å²) in [4.78, 5) is 42.5. The number of unbranched alkanes of at least 4 members (excludes halogenated alkanes) is 4. The summed E-state index contributed by atoms with van der Waals surface area (Å²) in [5.41, 5.74) is 4.62. The number of carboxylic acids is 1. The molecule has 3 aromatic rings. The van der Waals surface area contributed by atoms with Gasteiger partial charge in [-0.3, -0.25) is 14.4 Å². The number of carbonyl (C=O) groups is 3. The largest absolute Gasteiger partial charge is 0.494 e. The fraction of sp³-hybridized carbons (Fsp3) is 0.475. The summed E-state index contributed by atoms with van der Waals surface area (Å²) in [6, 6.07) is 21.7. The maximum Gasteiger partial charge on any atom is 0.325 e. The van der Waals surface area contributed by atoms with Gasteiger partial charge >= 0.3 is 5.97 Å². The van der Waals surface area contributed by atoms with Crippen molar-refractivity contribution in [1.82, 2.24) is 10.6 Å². The molecule has 0 saturated carbocycles. The molecule has 9 heteroatoms. The summed E-state index contributed by atoms with van der Waals surface area (Å²) < 4.78 is 5.94. The van der Waals surface area contributed by atoms with E-state index in [1.165, 1.54) is 38.3 Å². The zero-order valence-corrected chi connectivity index (χ0v) is 29.8. The van der Waals surface area contributed by atoms with E-state index in [2.05, 4.69) is 72.4 Å². The van der Waals surface area contributed by atoms with E-state index in [0.29, 0.717) is 5.56 Å². The van der Waals surface area contributed by atoms with Crippen LogP contribution in [0.3, 0.4) is 0 Å². The lowest BCUT2D eigenvalue weighted by molar-refractivity contribution is -0.141. The van der Waals surface area contributed by atoms with E-state index in [0.717, 1.165) is 61.8 Å². The quantitative estimate of drug-likeness (QED) is 0.148. The van der Waals surface area contributed by atoms with Crippen LogP contribution in [0.25, 0.3) is 0 Å². The van der Waals surface area contributed by atoms with Crippen LogP contribution in [0.5, 0.6) is 5.75 Å². The van der Waals surface area contributed by atoms with E-state index < -0.39 is 29.9 Å². The first-order valence-electron chi connectivity index (χ1n) is 17.7. The smallest absolute Gasteiger partial charge is 0.325 e. The number of nitrogens with one attached hydrogen (secondary N) is 2. The maximum atomic E-state index is 13.2. The van der Waals surface area contributed by atoms with Gasteiger partial charge in [-0.15, -0.1) is 0 Å². The van der Waals surface area contributed by atoms with Gasteiger partial charge in [-0.05, 0) is 78.4 Å².